The number of carbonyl (C=O) groups excluding carboxylic acids is 1. The van der Waals surface area contributed by atoms with Crippen LogP contribution in [-0.4, -0.2) is 39.3 Å². The van der Waals surface area contributed by atoms with Gasteiger partial charge in [0.15, 0.2) is 15.7 Å². The summed E-state index contributed by atoms with van der Waals surface area (Å²) in [6.07, 6.45) is 5.07. The standard InChI is InChI=1S/C24H24N6O3S/c1-17(2)34(32,33)21-10-4-18(5-11-21)14-24(31)29-20-8-6-19(7-9-20)28-22-15-23(26-16-25-22)30-13-3-12-27-30/h3-13,15-17H,14H2,1-2H3,(H,29,31)(H,25,26,28). The van der Waals surface area contributed by atoms with Crippen molar-refractivity contribution in [2.75, 3.05) is 10.6 Å². The lowest BCUT2D eigenvalue weighted by Gasteiger charge is -2.10. The maximum absolute atomic E-state index is 12.4. The summed E-state index contributed by atoms with van der Waals surface area (Å²) in [5.74, 6) is 1.06. The van der Waals surface area contributed by atoms with Crippen LogP contribution in [0.2, 0.25) is 0 Å². The van der Waals surface area contributed by atoms with Crippen LogP contribution in [-0.2, 0) is 21.1 Å². The van der Waals surface area contributed by atoms with E-state index < -0.39 is 15.1 Å². The van der Waals surface area contributed by atoms with Crippen molar-refractivity contribution in [1.29, 1.82) is 0 Å². The summed E-state index contributed by atoms with van der Waals surface area (Å²) in [5.41, 5.74) is 2.18. The third kappa shape index (κ3) is 5.46. The van der Waals surface area contributed by atoms with E-state index in [4.69, 9.17) is 0 Å². The Morgan fingerprint density at radius 2 is 1.71 bits per heavy atom. The highest BCUT2D eigenvalue weighted by atomic mass is 32.2. The molecule has 0 aliphatic rings. The number of aromatic nitrogens is 4. The average molecular weight is 477 g/mol. The molecule has 0 spiro atoms. The quantitative estimate of drug-likeness (QED) is 0.397. The van der Waals surface area contributed by atoms with Gasteiger partial charge in [-0.1, -0.05) is 12.1 Å². The molecule has 0 bridgehead atoms. The van der Waals surface area contributed by atoms with Crippen LogP contribution in [0.15, 0.2) is 84.3 Å². The first-order chi connectivity index (χ1) is 16.3. The van der Waals surface area contributed by atoms with Crippen LogP contribution in [0.4, 0.5) is 17.2 Å². The van der Waals surface area contributed by atoms with E-state index in [-0.39, 0.29) is 17.2 Å². The van der Waals surface area contributed by atoms with Crippen LogP contribution >= 0.6 is 0 Å². The van der Waals surface area contributed by atoms with Crippen LogP contribution in [0.3, 0.4) is 0 Å². The highest BCUT2D eigenvalue weighted by Gasteiger charge is 2.18. The minimum atomic E-state index is -3.33. The van der Waals surface area contributed by atoms with Gasteiger partial charge in [-0.3, -0.25) is 4.79 Å². The van der Waals surface area contributed by atoms with Crippen molar-refractivity contribution in [3.05, 3.63) is 84.9 Å². The molecular weight excluding hydrogens is 452 g/mol. The third-order valence-corrected chi connectivity index (χ3v) is 7.24. The number of nitrogens with zero attached hydrogens (tertiary/aromatic N) is 4. The van der Waals surface area contributed by atoms with Crippen molar-refractivity contribution < 1.29 is 13.2 Å². The Balaban J connectivity index is 1.35. The first kappa shape index (κ1) is 23.1. The fourth-order valence-electron chi connectivity index (χ4n) is 3.19. The van der Waals surface area contributed by atoms with E-state index >= 15 is 0 Å². The van der Waals surface area contributed by atoms with Crippen molar-refractivity contribution in [2.24, 2.45) is 0 Å². The van der Waals surface area contributed by atoms with Crippen LogP contribution in [0, 0.1) is 0 Å². The zero-order chi connectivity index (χ0) is 24.1. The molecule has 0 unspecified atom stereocenters. The molecule has 0 atom stereocenters. The summed E-state index contributed by atoms with van der Waals surface area (Å²) in [7, 11) is -3.33. The SMILES string of the molecule is CC(C)S(=O)(=O)c1ccc(CC(=O)Nc2ccc(Nc3cc(-n4cccn4)ncn3)cc2)cc1. The zero-order valence-electron chi connectivity index (χ0n) is 18.7. The molecule has 0 saturated carbocycles. The average Bonchev–Trinajstić information content (AvgIpc) is 3.36. The van der Waals surface area contributed by atoms with Crippen molar-refractivity contribution >= 4 is 32.9 Å². The van der Waals surface area contributed by atoms with E-state index in [1.54, 1.807) is 73.4 Å². The second kappa shape index (κ2) is 9.84. The Morgan fingerprint density at radius 1 is 1.00 bits per heavy atom. The molecule has 2 heterocycles. The van der Waals surface area contributed by atoms with Gasteiger partial charge in [-0.05, 0) is 61.9 Å². The molecule has 174 valence electrons. The summed E-state index contributed by atoms with van der Waals surface area (Å²) >= 11 is 0. The first-order valence-electron chi connectivity index (χ1n) is 10.6. The second-order valence-electron chi connectivity index (χ2n) is 7.88. The topological polar surface area (TPSA) is 119 Å². The first-order valence-corrected chi connectivity index (χ1v) is 12.2. The molecule has 10 heteroatoms. The Bertz CT molecular complexity index is 1370. The van der Waals surface area contributed by atoms with E-state index in [1.807, 2.05) is 18.2 Å². The summed E-state index contributed by atoms with van der Waals surface area (Å²) in [5, 5.41) is 9.71. The van der Waals surface area contributed by atoms with Crippen molar-refractivity contribution in [1.82, 2.24) is 19.7 Å². The second-order valence-corrected chi connectivity index (χ2v) is 10.4. The monoisotopic (exact) mass is 476 g/mol. The largest absolute Gasteiger partial charge is 0.340 e. The van der Waals surface area contributed by atoms with Gasteiger partial charge < -0.3 is 10.6 Å². The van der Waals surface area contributed by atoms with Gasteiger partial charge in [0.25, 0.3) is 0 Å². The van der Waals surface area contributed by atoms with E-state index in [2.05, 4.69) is 25.7 Å². The smallest absolute Gasteiger partial charge is 0.228 e. The minimum absolute atomic E-state index is 0.138. The van der Waals surface area contributed by atoms with Gasteiger partial charge in [0.05, 0.1) is 16.6 Å². The minimum Gasteiger partial charge on any atom is -0.340 e. The van der Waals surface area contributed by atoms with Gasteiger partial charge in [-0.25, -0.2) is 23.1 Å². The van der Waals surface area contributed by atoms with E-state index in [1.165, 1.54) is 6.33 Å². The van der Waals surface area contributed by atoms with Gasteiger partial charge in [-0.2, -0.15) is 5.10 Å². The van der Waals surface area contributed by atoms with E-state index in [9.17, 15) is 13.2 Å². The number of hydrogen-bond donors (Lipinski definition) is 2. The fourth-order valence-corrected chi connectivity index (χ4v) is 4.25. The predicted octanol–water partition coefficient (Wildman–Crippen LogP) is 3.77. The Labute approximate surface area is 197 Å². The number of hydrogen-bond acceptors (Lipinski definition) is 7. The number of rotatable bonds is 8. The van der Waals surface area contributed by atoms with Crippen molar-refractivity contribution in [3.63, 3.8) is 0 Å². The molecule has 9 nitrogen and oxygen atoms in total. The lowest BCUT2D eigenvalue weighted by Crippen LogP contribution is -2.15. The molecular formula is C24H24N6O3S. The normalized spacial score (nSPS) is 11.4. The third-order valence-electron chi connectivity index (χ3n) is 5.07. The summed E-state index contributed by atoms with van der Waals surface area (Å²) in [6, 6.07) is 17.2. The molecule has 2 aromatic heterocycles. The molecule has 2 N–H and O–H groups in total. The Hall–Kier alpha value is -4.05. The molecule has 4 rings (SSSR count). The fraction of sp³-hybridized carbons (Fsp3) is 0.167. The molecule has 2 aromatic carbocycles. The lowest BCUT2D eigenvalue weighted by atomic mass is 10.1. The Kier molecular flexibility index (Phi) is 6.69. The highest BCUT2D eigenvalue weighted by Crippen LogP contribution is 2.20. The van der Waals surface area contributed by atoms with Gasteiger partial charge >= 0.3 is 0 Å². The molecule has 0 radical (unpaired) electrons. The number of sulfone groups is 1. The zero-order valence-corrected chi connectivity index (χ0v) is 19.5. The molecule has 4 aromatic rings. The van der Waals surface area contributed by atoms with Crippen LogP contribution in [0.1, 0.15) is 19.4 Å². The summed E-state index contributed by atoms with van der Waals surface area (Å²) < 4.78 is 26.1. The lowest BCUT2D eigenvalue weighted by molar-refractivity contribution is -0.115. The van der Waals surface area contributed by atoms with Crippen molar-refractivity contribution in [3.8, 4) is 5.82 Å². The highest BCUT2D eigenvalue weighted by molar-refractivity contribution is 7.92. The van der Waals surface area contributed by atoms with E-state index in [0.717, 1.165) is 11.3 Å². The van der Waals surface area contributed by atoms with Gasteiger partial charge in [0.2, 0.25) is 5.91 Å². The summed E-state index contributed by atoms with van der Waals surface area (Å²) in [6.45, 7) is 3.28. The van der Waals surface area contributed by atoms with Crippen LogP contribution in [0.5, 0.6) is 0 Å². The van der Waals surface area contributed by atoms with E-state index in [0.29, 0.717) is 17.3 Å². The summed E-state index contributed by atoms with van der Waals surface area (Å²) in [4.78, 5) is 21.1. The number of benzene rings is 2. The molecule has 0 fully saturated rings. The molecule has 0 saturated heterocycles. The number of amides is 1. The van der Waals surface area contributed by atoms with Gasteiger partial charge in [-0.15, -0.1) is 0 Å². The molecule has 0 aliphatic heterocycles. The molecule has 1 amide bonds. The van der Waals surface area contributed by atoms with Crippen molar-refractivity contribution in [2.45, 2.75) is 30.4 Å². The molecule has 0 aliphatic carbocycles. The Morgan fingerprint density at radius 3 is 2.35 bits per heavy atom. The molecule has 34 heavy (non-hydrogen) atoms. The maximum atomic E-state index is 12.4. The number of nitrogens with one attached hydrogen (secondary N) is 2. The van der Waals surface area contributed by atoms with Crippen LogP contribution in [0.25, 0.3) is 5.82 Å². The van der Waals surface area contributed by atoms with Crippen LogP contribution < -0.4 is 10.6 Å². The van der Waals surface area contributed by atoms with Gasteiger partial charge in [0.1, 0.15) is 12.1 Å². The predicted molar refractivity (Wildman–Crippen MR) is 130 cm³/mol. The van der Waals surface area contributed by atoms with Gasteiger partial charge in [0, 0.05) is 29.8 Å². The number of carbonyl (C=O) groups is 1. The maximum Gasteiger partial charge on any atom is 0.228 e. The number of anilines is 3.